The SMILES string of the molecule is C#C/C(=C\C=C(/C)N1c2cccc3c2B(c2cc(C(C)(C)C)ccc2N3c2ccc(C(C)(C)C)cc2)c2sc3c4c(ccc3c21)Sc1ccccc1N4c1ccccc1)C(C)(C)C. The van der Waals surface area contributed by atoms with Gasteiger partial charge in [0.1, 0.15) is 0 Å². The Morgan fingerprint density at radius 3 is 1.95 bits per heavy atom. The van der Waals surface area contributed by atoms with Gasteiger partial charge in [-0.3, -0.25) is 0 Å². The van der Waals surface area contributed by atoms with Crippen molar-refractivity contribution in [3.63, 3.8) is 0 Å². The molecule has 0 N–H and O–H groups in total. The molecule has 0 unspecified atom stereocenters. The highest BCUT2D eigenvalue weighted by atomic mass is 32.2. The van der Waals surface area contributed by atoms with Gasteiger partial charge in [-0.15, -0.1) is 17.8 Å². The maximum atomic E-state index is 6.18. The fraction of sp³-hybridized carbons (Fsp3) is 0.228. The van der Waals surface area contributed by atoms with E-state index in [1.54, 1.807) is 0 Å². The molecule has 0 saturated carbocycles. The molecule has 0 spiro atoms. The third-order valence-electron chi connectivity index (χ3n) is 12.9. The Balaban J connectivity index is 1.30. The summed E-state index contributed by atoms with van der Waals surface area (Å²) in [5, 5.41) is 1.25. The van der Waals surface area contributed by atoms with E-state index in [1.807, 2.05) is 23.1 Å². The predicted molar refractivity (Wildman–Crippen MR) is 276 cm³/mol. The van der Waals surface area contributed by atoms with E-state index in [9.17, 15) is 0 Å². The molecule has 0 radical (unpaired) electrons. The highest BCUT2D eigenvalue weighted by molar-refractivity contribution is 7.99. The van der Waals surface area contributed by atoms with Crippen molar-refractivity contribution in [3.05, 3.63) is 162 Å². The van der Waals surface area contributed by atoms with Gasteiger partial charge in [0.2, 0.25) is 0 Å². The van der Waals surface area contributed by atoms with Crippen molar-refractivity contribution in [2.24, 2.45) is 5.41 Å². The van der Waals surface area contributed by atoms with Crippen molar-refractivity contribution < 1.29 is 0 Å². The molecule has 3 aliphatic heterocycles. The number of fused-ring (bicyclic) bond motifs is 9. The topological polar surface area (TPSA) is 9.72 Å². The lowest BCUT2D eigenvalue weighted by molar-refractivity contribution is 0.521. The van der Waals surface area contributed by atoms with Crippen LogP contribution in [0.1, 0.15) is 80.4 Å². The number of hydrogen-bond acceptors (Lipinski definition) is 5. The first kappa shape index (κ1) is 41.2. The Bertz CT molecular complexity index is 3070. The summed E-state index contributed by atoms with van der Waals surface area (Å²) in [5.74, 6) is 3.01. The lowest BCUT2D eigenvalue weighted by Gasteiger charge is -2.43. The standard InChI is InChI=1S/C57H54BN3S2/c1-12-37(55(3,4)5)26-25-36(2)59-46-22-18-23-47-50(46)58(43-35-39(57(9,10)11)29-33-44(43)60(47)41-30-27-38(28-31-41)56(6,7)8)54-51(59)42-32-34-49-52(53(42)63-54)61(40-19-14-13-15-20-40)45-21-16-17-24-48(45)62-49/h1,13-35H,2-11H3/b36-25+,37-26+. The second-order valence-corrected chi connectivity index (χ2v) is 22.4. The van der Waals surface area contributed by atoms with Crippen LogP contribution < -0.4 is 30.4 Å². The predicted octanol–water partition coefficient (Wildman–Crippen LogP) is 14.7. The molecule has 6 heteroatoms. The van der Waals surface area contributed by atoms with E-state index in [-0.39, 0.29) is 23.0 Å². The number of allylic oxidation sites excluding steroid dienone is 4. The van der Waals surface area contributed by atoms with E-state index in [1.165, 1.54) is 80.8 Å². The van der Waals surface area contributed by atoms with Crippen LogP contribution in [0, 0.1) is 17.8 Å². The molecule has 6 aromatic carbocycles. The van der Waals surface area contributed by atoms with Gasteiger partial charge in [-0.1, -0.05) is 147 Å². The van der Waals surface area contributed by atoms with E-state index >= 15 is 0 Å². The van der Waals surface area contributed by atoms with E-state index in [4.69, 9.17) is 6.42 Å². The monoisotopic (exact) mass is 855 g/mol. The van der Waals surface area contributed by atoms with Crippen LogP contribution >= 0.6 is 23.1 Å². The lowest BCUT2D eigenvalue weighted by atomic mass is 9.36. The number of benzene rings is 6. The number of rotatable bonds is 4. The first-order chi connectivity index (χ1) is 30.0. The zero-order valence-electron chi connectivity index (χ0n) is 38.1. The molecule has 312 valence electrons. The van der Waals surface area contributed by atoms with E-state index in [0.29, 0.717) is 0 Å². The van der Waals surface area contributed by atoms with Crippen LogP contribution in [0.2, 0.25) is 0 Å². The highest BCUT2D eigenvalue weighted by Crippen LogP contribution is 2.57. The normalized spacial score (nSPS) is 14.8. The van der Waals surface area contributed by atoms with Crippen molar-refractivity contribution in [3.8, 4) is 12.3 Å². The van der Waals surface area contributed by atoms with Crippen molar-refractivity contribution in [1.29, 1.82) is 0 Å². The summed E-state index contributed by atoms with van der Waals surface area (Å²) in [7, 11) is 0. The number of anilines is 8. The summed E-state index contributed by atoms with van der Waals surface area (Å²) in [6, 6.07) is 47.9. The smallest absolute Gasteiger partial charge is 0.264 e. The molecule has 0 fully saturated rings. The van der Waals surface area contributed by atoms with Gasteiger partial charge in [-0.2, -0.15) is 0 Å². The van der Waals surface area contributed by atoms with E-state index in [0.717, 1.165) is 22.6 Å². The van der Waals surface area contributed by atoms with Gasteiger partial charge in [0.05, 0.1) is 21.8 Å². The third kappa shape index (κ3) is 6.75. The van der Waals surface area contributed by atoms with Crippen molar-refractivity contribution in [2.45, 2.75) is 89.9 Å². The molecule has 0 amide bonds. The molecular weight excluding hydrogens is 802 g/mol. The first-order valence-electron chi connectivity index (χ1n) is 22.1. The van der Waals surface area contributed by atoms with Crippen LogP contribution in [-0.2, 0) is 10.8 Å². The van der Waals surface area contributed by atoms with Gasteiger partial charge in [0.15, 0.2) is 0 Å². The van der Waals surface area contributed by atoms with Gasteiger partial charge in [-0.05, 0) is 118 Å². The molecule has 3 aliphatic rings. The zero-order chi connectivity index (χ0) is 44.2. The Hall–Kier alpha value is -5.87. The molecule has 1 aromatic heterocycles. The highest BCUT2D eigenvalue weighted by Gasteiger charge is 2.46. The number of para-hydroxylation sites is 2. The molecule has 3 nitrogen and oxygen atoms in total. The molecular formula is C57H54BN3S2. The number of thiophene rings is 1. The molecule has 4 heterocycles. The fourth-order valence-electron chi connectivity index (χ4n) is 9.58. The number of nitrogens with zero attached hydrogens (tertiary/aromatic N) is 3. The van der Waals surface area contributed by atoms with Crippen LogP contribution in [0.4, 0.5) is 45.5 Å². The molecule has 63 heavy (non-hydrogen) atoms. The van der Waals surface area contributed by atoms with Gasteiger partial charge in [0.25, 0.3) is 6.71 Å². The number of terminal acetylenes is 1. The maximum Gasteiger partial charge on any atom is 0.264 e. The molecule has 7 aromatic rings. The second-order valence-electron chi connectivity index (χ2n) is 20.3. The van der Waals surface area contributed by atoms with Gasteiger partial charge in [-0.25, -0.2) is 0 Å². The molecule has 0 bridgehead atoms. The largest absolute Gasteiger partial charge is 0.314 e. The Morgan fingerprint density at radius 2 is 1.25 bits per heavy atom. The van der Waals surface area contributed by atoms with Crippen molar-refractivity contribution in [2.75, 3.05) is 14.7 Å². The van der Waals surface area contributed by atoms with Crippen molar-refractivity contribution in [1.82, 2.24) is 0 Å². The Morgan fingerprint density at radius 1 is 0.603 bits per heavy atom. The minimum Gasteiger partial charge on any atom is -0.314 e. The van der Waals surface area contributed by atoms with Crippen LogP contribution in [-0.4, -0.2) is 6.71 Å². The Labute approximate surface area is 383 Å². The summed E-state index contributed by atoms with van der Waals surface area (Å²) >= 11 is 3.84. The average Bonchev–Trinajstić information content (AvgIpc) is 3.64. The summed E-state index contributed by atoms with van der Waals surface area (Å²) in [4.78, 5) is 10.1. The van der Waals surface area contributed by atoms with Crippen molar-refractivity contribution >= 4 is 101 Å². The van der Waals surface area contributed by atoms with Crippen LogP contribution in [0.5, 0.6) is 0 Å². The molecule has 0 atom stereocenters. The summed E-state index contributed by atoms with van der Waals surface area (Å²) < 4.78 is 2.65. The van der Waals surface area contributed by atoms with Gasteiger partial charge in [0, 0.05) is 59.7 Å². The van der Waals surface area contributed by atoms with Crippen LogP contribution in [0.25, 0.3) is 10.1 Å². The fourth-order valence-corrected chi connectivity index (χ4v) is 12.2. The molecule has 0 saturated heterocycles. The zero-order valence-corrected chi connectivity index (χ0v) is 39.7. The van der Waals surface area contributed by atoms with Gasteiger partial charge < -0.3 is 14.7 Å². The third-order valence-corrected chi connectivity index (χ3v) is 15.3. The maximum absolute atomic E-state index is 6.18. The summed E-state index contributed by atoms with van der Waals surface area (Å²) in [5.41, 5.74) is 16.9. The average molecular weight is 856 g/mol. The first-order valence-corrected chi connectivity index (χ1v) is 23.7. The minimum atomic E-state index is -0.157. The van der Waals surface area contributed by atoms with E-state index < -0.39 is 0 Å². The quantitative estimate of drug-likeness (QED) is 0.0991. The number of hydrogen-bond donors (Lipinski definition) is 0. The Kier molecular flexibility index (Phi) is 9.71. The molecule has 0 aliphatic carbocycles. The summed E-state index contributed by atoms with van der Waals surface area (Å²) in [6.45, 7) is 22.7. The van der Waals surface area contributed by atoms with Crippen LogP contribution in [0.3, 0.4) is 0 Å². The summed E-state index contributed by atoms with van der Waals surface area (Å²) in [6.07, 6.45) is 10.6. The van der Waals surface area contributed by atoms with Crippen LogP contribution in [0.15, 0.2) is 161 Å². The van der Waals surface area contributed by atoms with E-state index in [2.05, 4.69) is 229 Å². The second kappa shape index (κ2) is 14.9. The lowest BCUT2D eigenvalue weighted by Crippen LogP contribution is -2.60. The molecule has 10 rings (SSSR count). The van der Waals surface area contributed by atoms with Gasteiger partial charge >= 0.3 is 0 Å². The minimum absolute atomic E-state index is 0.00536.